The minimum absolute atomic E-state index is 0.147. The minimum Gasteiger partial charge on any atom is -0.481 e. The summed E-state index contributed by atoms with van der Waals surface area (Å²) in [4.78, 5) is 10.5. The summed E-state index contributed by atoms with van der Waals surface area (Å²) in [5.74, 6) is 1.30. The van der Waals surface area contributed by atoms with Crippen LogP contribution in [0.15, 0.2) is 12.2 Å². The summed E-state index contributed by atoms with van der Waals surface area (Å²) in [6.07, 6.45) is 16.6. The molecule has 0 aromatic heterocycles. The van der Waals surface area contributed by atoms with E-state index in [1.807, 2.05) is 0 Å². The van der Waals surface area contributed by atoms with E-state index in [4.69, 9.17) is 9.84 Å². The molecule has 0 radical (unpaired) electrons. The van der Waals surface area contributed by atoms with Crippen LogP contribution in [0.2, 0.25) is 0 Å². The molecule has 2 fully saturated rings. The Morgan fingerprint density at radius 2 is 2.00 bits per heavy atom. The molecular formula is C22H38O4. The van der Waals surface area contributed by atoms with Gasteiger partial charge < -0.3 is 14.9 Å². The first kappa shape index (κ1) is 21.4. The van der Waals surface area contributed by atoms with E-state index in [1.165, 1.54) is 19.3 Å². The molecule has 1 saturated carbocycles. The van der Waals surface area contributed by atoms with E-state index in [0.29, 0.717) is 23.9 Å². The van der Waals surface area contributed by atoms with Crippen LogP contribution in [0, 0.1) is 17.8 Å². The normalized spacial score (nSPS) is 28.8. The molecule has 0 amide bonds. The molecule has 2 N–H and O–H groups in total. The van der Waals surface area contributed by atoms with Crippen LogP contribution in [-0.2, 0) is 9.53 Å². The van der Waals surface area contributed by atoms with Crippen LogP contribution in [0.1, 0.15) is 84.0 Å². The largest absolute Gasteiger partial charge is 0.481 e. The monoisotopic (exact) mass is 366 g/mol. The summed E-state index contributed by atoms with van der Waals surface area (Å²) in [5, 5.41) is 18.9. The fourth-order valence-electron chi connectivity index (χ4n) is 4.74. The average Bonchev–Trinajstić information content (AvgIpc) is 3.20. The first-order valence-corrected chi connectivity index (χ1v) is 10.8. The number of hydrogen-bond donors (Lipinski definition) is 2. The number of carbonyl (C=O) groups is 1. The molecular weight excluding hydrogens is 328 g/mol. The number of allylic oxidation sites excluding steroid dienone is 2. The van der Waals surface area contributed by atoms with Gasteiger partial charge in [0.05, 0.1) is 18.8 Å². The van der Waals surface area contributed by atoms with Gasteiger partial charge in [0.1, 0.15) is 0 Å². The number of aliphatic hydroxyl groups is 1. The van der Waals surface area contributed by atoms with Gasteiger partial charge in [-0.1, -0.05) is 38.3 Å². The lowest BCUT2D eigenvalue weighted by molar-refractivity contribution is -0.137. The van der Waals surface area contributed by atoms with Gasteiger partial charge in [-0.3, -0.25) is 4.79 Å². The van der Waals surface area contributed by atoms with Crippen LogP contribution in [-0.4, -0.2) is 35.0 Å². The van der Waals surface area contributed by atoms with E-state index < -0.39 is 5.97 Å². The highest BCUT2D eigenvalue weighted by Crippen LogP contribution is 2.48. The number of aliphatic carboxylic acids is 1. The molecule has 2 bridgehead atoms. The Morgan fingerprint density at radius 1 is 1.15 bits per heavy atom. The summed E-state index contributed by atoms with van der Waals surface area (Å²) in [6, 6.07) is 0. The maximum Gasteiger partial charge on any atom is 0.303 e. The maximum atomic E-state index is 10.5. The van der Waals surface area contributed by atoms with Gasteiger partial charge in [-0.25, -0.2) is 0 Å². The Morgan fingerprint density at radius 3 is 2.77 bits per heavy atom. The van der Waals surface area contributed by atoms with Gasteiger partial charge in [0.15, 0.2) is 0 Å². The van der Waals surface area contributed by atoms with Gasteiger partial charge in [0.25, 0.3) is 0 Å². The summed E-state index contributed by atoms with van der Waals surface area (Å²) < 4.78 is 5.95. The maximum absolute atomic E-state index is 10.5. The zero-order chi connectivity index (χ0) is 18.8. The molecule has 0 aromatic carbocycles. The van der Waals surface area contributed by atoms with Crippen molar-refractivity contribution >= 4 is 5.97 Å². The Labute approximate surface area is 159 Å². The molecule has 2 rings (SSSR count). The Hall–Kier alpha value is -0.870. The summed E-state index contributed by atoms with van der Waals surface area (Å²) in [7, 11) is 0. The number of unbranched alkanes of at least 4 members (excludes halogenated alkanes) is 4. The van der Waals surface area contributed by atoms with E-state index in [2.05, 4.69) is 19.1 Å². The third-order valence-electron chi connectivity index (χ3n) is 6.25. The SMILES string of the molecule is CCCCC[C@H](O)CCC1[C@@H](CC=CCCCCC(=O)O)[C@H]2CO[C@@H]1C2. The van der Waals surface area contributed by atoms with Gasteiger partial charge in [0.2, 0.25) is 0 Å². The first-order chi connectivity index (χ1) is 12.6. The van der Waals surface area contributed by atoms with Gasteiger partial charge in [-0.15, -0.1) is 0 Å². The van der Waals surface area contributed by atoms with E-state index >= 15 is 0 Å². The van der Waals surface area contributed by atoms with Crippen LogP contribution in [0.4, 0.5) is 0 Å². The van der Waals surface area contributed by atoms with Crippen molar-refractivity contribution in [1.82, 2.24) is 0 Å². The number of rotatable bonds is 14. The fourth-order valence-corrected chi connectivity index (χ4v) is 4.74. The van der Waals surface area contributed by atoms with Crippen molar-refractivity contribution in [2.45, 2.75) is 96.2 Å². The average molecular weight is 367 g/mol. The van der Waals surface area contributed by atoms with Crippen molar-refractivity contribution < 1.29 is 19.7 Å². The zero-order valence-corrected chi connectivity index (χ0v) is 16.4. The van der Waals surface area contributed by atoms with Crippen molar-refractivity contribution in [1.29, 1.82) is 0 Å². The van der Waals surface area contributed by atoms with Crippen LogP contribution in [0.3, 0.4) is 0 Å². The molecule has 1 unspecified atom stereocenters. The molecule has 0 aromatic rings. The molecule has 150 valence electrons. The predicted octanol–water partition coefficient (Wildman–Crippen LogP) is 4.95. The van der Waals surface area contributed by atoms with E-state index in [9.17, 15) is 9.90 Å². The van der Waals surface area contributed by atoms with Crippen LogP contribution >= 0.6 is 0 Å². The van der Waals surface area contributed by atoms with E-state index in [-0.39, 0.29) is 12.5 Å². The van der Waals surface area contributed by atoms with Gasteiger partial charge in [0, 0.05) is 6.42 Å². The van der Waals surface area contributed by atoms with Crippen molar-refractivity contribution in [3.63, 3.8) is 0 Å². The number of hydrogen-bond acceptors (Lipinski definition) is 3. The smallest absolute Gasteiger partial charge is 0.303 e. The summed E-state index contributed by atoms with van der Waals surface area (Å²) in [5.41, 5.74) is 0. The van der Waals surface area contributed by atoms with Crippen LogP contribution < -0.4 is 0 Å². The molecule has 5 atom stereocenters. The molecule has 1 aliphatic heterocycles. The molecule has 4 heteroatoms. The molecule has 26 heavy (non-hydrogen) atoms. The highest BCUT2D eigenvalue weighted by Gasteiger charge is 2.47. The minimum atomic E-state index is -0.698. The number of ether oxygens (including phenoxy) is 1. The lowest BCUT2D eigenvalue weighted by Crippen LogP contribution is -2.29. The molecule has 1 aliphatic carbocycles. The third-order valence-corrected chi connectivity index (χ3v) is 6.25. The van der Waals surface area contributed by atoms with Crippen LogP contribution in [0.5, 0.6) is 0 Å². The van der Waals surface area contributed by atoms with E-state index in [0.717, 1.165) is 58.0 Å². The van der Waals surface area contributed by atoms with Crippen molar-refractivity contribution in [2.75, 3.05) is 6.61 Å². The lowest BCUT2D eigenvalue weighted by Gasteiger charge is -2.31. The molecule has 2 aliphatic rings. The van der Waals surface area contributed by atoms with E-state index in [1.54, 1.807) is 0 Å². The second kappa shape index (κ2) is 11.8. The quantitative estimate of drug-likeness (QED) is 0.337. The Kier molecular flexibility index (Phi) is 9.69. The van der Waals surface area contributed by atoms with Gasteiger partial charge in [-0.05, 0) is 69.1 Å². The topological polar surface area (TPSA) is 66.8 Å². The molecule has 1 heterocycles. The molecule has 0 spiro atoms. The third kappa shape index (κ3) is 7.03. The summed E-state index contributed by atoms with van der Waals surface area (Å²) >= 11 is 0. The number of fused-ring (bicyclic) bond motifs is 2. The van der Waals surface area contributed by atoms with Crippen LogP contribution in [0.25, 0.3) is 0 Å². The molecule has 1 saturated heterocycles. The molecule has 4 nitrogen and oxygen atoms in total. The number of carboxylic acids is 1. The van der Waals surface area contributed by atoms with Crippen molar-refractivity contribution in [2.24, 2.45) is 17.8 Å². The number of aliphatic hydroxyl groups excluding tert-OH is 1. The van der Waals surface area contributed by atoms with Gasteiger partial charge in [-0.2, -0.15) is 0 Å². The Bertz CT molecular complexity index is 434. The second-order valence-corrected chi connectivity index (χ2v) is 8.27. The first-order valence-electron chi connectivity index (χ1n) is 10.8. The summed E-state index contributed by atoms with van der Waals surface area (Å²) in [6.45, 7) is 3.11. The predicted molar refractivity (Wildman–Crippen MR) is 104 cm³/mol. The standard InChI is InChI=1S/C22H38O4/c1-2-3-7-10-18(23)13-14-20-19(17-15-21(20)26-16-17)11-8-5-4-6-9-12-22(24)25/h5,8,17-21,23H,2-4,6-7,9-16H2,1H3,(H,24,25)/t17-,18+,19+,20?,21-/m1/s1. The Balaban J connectivity index is 1.68. The van der Waals surface area contributed by atoms with Crippen molar-refractivity contribution in [3.05, 3.63) is 12.2 Å². The fraction of sp³-hybridized carbons (Fsp3) is 0.864. The highest BCUT2D eigenvalue weighted by molar-refractivity contribution is 5.66. The van der Waals surface area contributed by atoms with Crippen molar-refractivity contribution in [3.8, 4) is 0 Å². The number of carboxylic acid groups (broad SMARTS) is 1. The highest BCUT2D eigenvalue weighted by atomic mass is 16.5. The zero-order valence-electron chi connectivity index (χ0n) is 16.4. The lowest BCUT2D eigenvalue weighted by atomic mass is 9.81. The van der Waals surface area contributed by atoms with Gasteiger partial charge >= 0.3 is 5.97 Å². The second-order valence-electron chi connectivity index (χ2n) is 8.27.